The Balaban J connectivity index is 1.47. The first kappa shape index (κ1) is 28.8. The number of hydrogen-bond acceptors (Lipinski definition) is 10. The van der Waals surface area contributed by atoms with E-state index < -0.39 is 21.3 Å². The predicted octanol–water partition coefficient (Wildman–Crippen LogP) is 4.99. The van der Waals surface area contributed by atoms with Crippen LogP contribution in [0.3, 0.4) is 0 Å². The number of rotatable bonds is 12. The lowest BCUT2D eigenvalue weighted by molar-refractivity contribution is -0.123. The largest absolute Gasteiger partial charge is 0.497 e. The van der Waals surface area contributed by atoms with E-state index in [1.54, 1.807) is 37.3 Å². The molecular weight excluding hydrogens is 558 g/mol. The number of benzene rings is 3. The van der Waals surface area contributed by atoms with Crippen LogP contribution in [0.1, 0.15) is 12.5 Å². The van der Waals surface area contributed by atoms with Gasteiger partial charge in [0.05, 0.1) is 32.3 Å². The normalized spacial score (nSPS) is 14.4. The summed E-state index contributed by atoms with van der Waals surface area (Å²) in [4.78, 5) is 26.7. The highest BCUT2D eigenvalue weighted by Crippen LogP contribution is 2.36. The van der Waals surface area contributed by atoms with Crippen LogP contribution in [0.25, 0.3) is 6.08 Å². The molecule has 40 heavy (non-hydrogen) atoms. The zero-order valence-electron chi connectivity index (χ0n) is 22.0. The number of nitrogens with zero attached hydrogens (tertiary/aromatic N) is 1. The Kier molecular flexibility index (Phi) is 9.22. The molecule has 0 N–H and O–H groups in total. The third-order valence-electron chi connectivity index (χ3n) is 5.63. The summed E-state index contributed by atoms with van der Waals surface area (Å²) in [7, 11) is -1.14. The number of para-hydroxylation sites is 2. The van der Waals surface area contributed by atoms with Crippen molar-refractivity contribution >= 4 is 39.1 Å². The molecule has 2 amide bonds. The zero-order chi connectivity index (χ0) is 28.7. The van der Waals surface area contributed by atoms with Gasteiger partial charge in [0.25, 0.3) is 11.1 Å². The molecule has 0 bridgehead atoms. The van der Waals surface area contributed by atoms with Crippen molar-refractivity contribution in [2.45, 2.75) is 11.8 Å². The minimum Gasteiger partial charge on any atom is -0.497 e. The molecule has 210 valence electrons. The number of ether oxygens (including phenoxy) is 4. The Morgan fingerprint density at radius 3 is 2.25 bits per heavy atom. The van der Waals surface area contributed by atoms with E-state index in [1.807, 2.05) is 6.07 Å². The zero-order valence-corrected chi connectivity index (χ0v) is 23.6. The van der Waals surface area contributed by atoms with E-state index in [0.29, 0.717) is 22.8 Å². The number of amides is 2. The van der Waals surface area contributed by atoms with Gasteiger partial charge in [-0.15, -0.1) is 0 Å². The molecular formula is C28H27NO9S2. The summed E-state index contributed by atoms with van der Waals surface area (Å²) < 4.78 is 52.6. The van der Waals surface area contributed by atoms with Crippen molar-refractivity contribution in [1.29, 1.82) is 0 Å². The Morgan fingerprint density at radius 2 is 1.57 bits per heavy atom. The van der Waals surface area contributed by atoms with Gasteiger partial charge in [0.1, 0.15) is 17.3 Å². The highest BCUT2D eigenvalue weighted by molar-refractivity contribution is 8.18. The van der Waals surface area contributed by atoms with Crippen LogP contribution < -0.4 is 23.1 Å². The van der Waals surface area contributed by atoms with E-state index in [0.717, 1.165) is 16.7 Å². The Bertz CT molecular complexity index is 1520. The van der Waals surface area contributed by atoms with E-state index in [1.165, 1.54) is 50.6 Å². The third kappa shape index (κ3) is 6.69. The van der Waals surface area contributed by atoms with Gasteiger partial charge in [-0.1, -0.05) is 18.2 Å². The number of methoxy groups -OCH3 is 2. The van der Waals surface area contributed by atoms with Gasteiger partial charge in [-0.25, -0.2) is 0 Å². The van der Waals surface area contributed by atoms with E-state index >= 15 is 0 Å². The van der Waals surface area contributed by atoms with Gasteiger partial charge in [-0.05, 0) is 78.9 Å². The average molecular weight is 586 g/mol. The first-order valence-corrected chi connectivity index (χ1v) is 14.3. The summed E-state index contributed by atoms with van der Waals surface area (Å²) in [6.07, 6.45) is 1.54. The van der Waals surface area contributed by atoms with Gasteiger partial charge in [-0.3, -0.25) is 14.5 Å². The fraction of sp³-hybridized carbons (Fsp3) is 0.214. The minimum atomic E-state index is -4.15. The van der Waals surface area contributed by atoms with Crippen LogP contribution in [-0.2, 0) is 14.9 Å². The Hall–Kier alpha value is -4.16. The maximum atomic E-state index is 12.9. The molecule has 4 rings (SSSR count). The van der Waals surface area contributed by atoms with Gasteiger partial charge < -0.3 is 23.1 Å². The smallest absolute Gasteiger partial charge is 0.339 e. The van der Waals surface area contributed by atoms with Gasteiger partial charge in [-0.2, -0.15) is 8.42 Å². The van der Waals surface area contributed by atoms with Crippen molar-refractivity contribution in [1.82, 2.24) is 4.90 Å². The van der Waals surface area contributed by atoms with Crippen LogP contribution >= 0.6 is 11.8 Å². The second-order valence-electron chi connectivity index (χ2n) is 8.18. The fourth-order valence-electron chi connectivity index (χ4n) is 3.69. The monoisotopic (exact) mass is 585 g/mol. The fourth-order valence-corrected chi connectivity index (χ4v) is 5.49. The van der Waals surface area contributed by atoms with Crippen molar-refractivity contribution in [3.8, 4) is 28.7 Å². The van der Waals surface area contributed by atoms with E-state index in [2.05, 4.69) is 0 Å². The van der Waals surface area contributed by atoms with Crippen LogP contribution in [0.4, 0.5) is 4.79 Å². The molecule has 0 aromatic heterocycles. The van der Waals surface area contributed by atoms with Crippen molar-refractivity contribution in [2.24, 2.45) is 0 Å². The highest BCUT2D eigenvalue weighted by atomic mass is 32.2. The Labute approximate surface area is 236 Å². The summed E-state index contributed by atoms with van der Waals surface area (Å²) in [6, 6.07) is 17.4. The molecule has 1 fully saturated rings. The minimum absolute atomic E-state index is 0.0172. The topological polar surface area (TPSA) is 118 Å². The summed E-state index contributed by atoms with van der Waals surface area (Å²) in [5.74, 6) is 1.25. The first-order valence-electron chi connectivity index (χ1n) is 12.1. The van der Waals surface area contributed by atoms with Crippen LogP contribution in [0.2, 0.25) is 0 Å². The van der Waals surface area contributed by atoms with Gasteiger partial charge in [0.15, 0.2) is 23.0 Å². The lowest BCUT2D eigenvalue weighted by atomic mass is 10.2. The molecule has 0 atom stereocenters. The van der Waals surface area contributed by atoms with Crippen LogP contribution in [-0.4, -0.2) is 58.4 Å². The molecule has 1 heterocycles. The lowest BCUT2D eigenvalue weighted by Gasteiger charge is -2.14. The highest BCUT2D eigenvalue weighted by Gasteiger charge is 2.35. The summed E-state index contributed by atoms with van der Waals surface area (Å²) in [5.41, 5.74) is 0.522. The summed E-state index contributed by atoms with van der Waals surface area (Å²) in [5, 5.41) is -0.421. The second-order valence-corrected chi connectivity index (χ2v) is 10.7. The first-order chi connectivity index (χ1) is 19.2. The molecule has 12 heteroatoms. The molecule has 0 saturated carbocycles. The van der Waals surface area contributed by atoms with Crippen LogP contribution in [0.15, 0.2) is 76.5 Å². The maximum absolute atomic E-state index is 12.9. The third-order valence-corrected chi connectivity index (χ3v) is 7.78. The van der Waals surface area contributed by atoms with Gasteiger partial charge in [0, 0.05) is 0 Å². The number of carbonyl (C=O) groups is 2. The molecule has 1 aliphatic rings. The maximum Gasteiger partial charge on any atom is 0.339 e. The molecule has 1 saturated heterocycles. The SMILES string of the molecule is CCOc1cc(/C=C2\SC(=O)N(CCOc3ccccc3OC)C2=O)ccc1OS(=O)(=O)c1ccc(OC)cc1. The predicted molar refractivity (Wildman–Crippen MR) is 150 cm³/mol. The van der Waals surface area contributed by atoms with Crippen molar-refractivity contribution < 1.29 is 41.1 Å². The molecule has 10 nitrogen and oxygen atoms in total. The van der Waals surface area contributed by atoms with Gasteiger partial charge in [0.2, 0.25) is 0 Å². The average Bonchev–Trinajstić information content (AvgIpc) is 3.22. The van der Waals surface area contributed by atoms with E-state index in [4.69, 9.17) is 23.1 Å². The van der Waals surface area contributed by atoms with Gasteiger partial charge >= 0.3 is 10.1 Å². The molecule has 0 radical (unpaired) electrons. The lowest BCUT2D eigenvalue weighted by Crippen LogP contribution is -2.32. The number of imide groups is 1. The van der Waals surface area contributed by atoms with E-state index in [-0.39, 0.29) is 41.1 Å². The molecule has 0 aliphatic carbocycles. The quantitative estimate of drug-likeness (QED) is 0.213. The molecule has 1 aliphatic heterocycles. The van der Waals surface area contributed by atoms with Crippen molar-refractivity contribution in [3.05, 3.63) is 77.2 Å². The van der Waals surface area contributed by atoms with Crippen LogP contribution in [0.5, 0.6) is 28.7 Å². The molecule has 0 spiro atoms. The second kappa shape index (κ2) is 12.8. The molecule has 0 unspecified atom stereocenters. The molecule has 3 aromatic rings. The number of hydrogen-bond donors (Lipinski definition) is 0. The van der Waals surface area contributed by atoms with Crippen molar-refractivity contribution in [2.75, 3.05) is 34.0 Å². The number of thioether (sulfide) groups is 1. The molecule has 3 aromatic carbocycles. The van der Waals surface area contributed by atoms with Crippen molar-refractivity contribution in [3.63, 3.8) is 0 Å². The number of carbonyl (C=O) groups excluding carboxylic acids is 2. The summed E-state index contributed by atoms with van der Waals surface area (Å²) >= 11 is 0.804. The van der Waals surface area contributed by atoms with E-state index in [9.17, 15) is 18.0 Å². The summed E-state index contributed by atoms with van der Waals surface area (Å²) in [6.45, 7) is 2.13. The van der Waals surface area contributed by atoms with Crippen LogP contribution in [0, 0.1) is 0 Å². The standard InChI is InChI=1S/C28H27NO9S2/c1-4-36-25-17-19(9-14-24(25)38-40(32,33)21-12-10-20(34-2)11-13-21)18-26-27(30)29(28(31)39-26)15-16-37-23-8-6-5-7-22(23)35-3/h5-14,17-18H,4,15-16H2,1-3H3/b26-18-. The Morgan fingerprint density at radius 1 is 0.850 bits per heavy atom.